The van der Waals surface area contributed by atoms with Crippen molar-refractivity contribution >= 4 is 11.9 Å². The third-order valence-corrected chi connectivity index (χ3v) is 4.60. The minimum Gasteiger partial charge on any atom is -0.481 e. The highest BCUT2D eigenvalue weighted by Gasteiger charge is 2.46. The van der Waals surface area contributed by atoms with Crippen LogP contribution in [0.2, 0.25) is 0 Å². The second-order valence-corrected chi connectivity index (χ2v) is 6.12. The van der Waals surface area contributed by atoms with Crippen molar-refractivity contribution in [3.05, 3.63) is 18.5 Å². The fraction of sp³-hybridized carbons (Fsp3) is 0.667. The van der Waals surface area contributed by atoms with E-state index in [9.17, 15) is 14.7 Å². The van der Waals surface area contributed by atoms with Gasteiger partial charge in [-0.15, -0.1) is 0 Å². The quantitative estimate of drug-likeness (QED) is 0.855. The zero-order chi connectivity index (χ0) is 14.8. The van der Waals surface area contributed by atoms with Gasteiger partial charge in [-0.3, -0.25) is 14.3 Å². The minimum absolute atomic E-state index is 0.0801. The summed E-state index contributed by atoms with van der Waals surface area (Å²) in [4.78, 5) is 25.3. The molecule has 0 radical (unpaired) electrons. The second kappa shape index (κ2) is 5.87. The van der Waals surface area contributed by atoms with E-state index in [0.29, 0.717) is 25.4 Å². The van der Waals surface area contributed by atoms with E-state index in [2.05, 4.69) is 5.10 Å². The minimum atomic E-state index is -0.751. The Morgan fingerprint density at radius 2 is 2.10 bits per heavy atom. The van der Waals surface area contributed by atoms with Gasteiger partial charge in [-0.25, -0.2) is 0 Å². The highest BCUT2D eigenvalue weighted by atomic mass is 16.4. The molecule has 0 unspecified atom stereocenters. The summed E-state index contributed by atoms with van der Waals surface area (Å²) in [6.07, 6.45) is 7.04. The molecule has 1 saturated carbocycles. The number of carboxylic acid groups (broad SMARTS) is 1. The molecule has 1 aromatic heterocycles. The fourth-order valence-corrected chi connectivity index (χ4v) is 3.28. The van der Waals surface area contributed by atoms with Crippen LogP contribution in [0.25, 0.3) is 0 Å². The van der Waals surface area contributed by atoms with Crippen molar-refractivity contribution in [1.82, 2.24) is 14.7 Å². The molecule has 6 heteroatoms. The molecule has 2 aliphatic rings. The van der Waals surface area contributed by atoms with Gasteiger partial charge in [0.15, 0.2) is 0 Å². The topological polar surface area (TPSA) is 75.4 Å². The first-order valence-corrected chi connectivity index (χ1v) is 7.63. The van der Waals surface area contributed by atoms with Crippen molar-refractivity contribution in [2.24, 2.45) is 17.8 Å². The van der Waals surface area contributed by atoms with E-state index in [-0.39, 0.29) is 17.7 Å². The summed E-state index contributed by atoms with van der Waals surface area (Å²) >= 11 is 0. The number of aryl methyl sites for hydroxylation is 1. The zero-order valence-corrected chi connectivity index (χ0v) is 12.0. The molecule has 0 aromatic carbocycles. The number of amides is 1. The van der Waals surface area contributed by atoms with Crippen LogP contribution >= 0.6 is 0 Å². The van der Waals surface area contributed by atoms with Gasteiger partial charge in [0, 0.05) is 38.4 Å². The molecule has 2 atom stereocenters. The number of aliphatic carboxylic acids is 1. The van der Waals surface area contributed by atoms with Crippen molar-refractivity contribution < 1.29 is 14.7 Å². The molecule has 1 amide bonds. The van der Waals surface area contributed by atoms with Crippen molar-refractivity contribution in [1.29, 1.82) is 0 Å². The van der Waals surface area contributed by atoms with Crippen LogP contribution in [-0.2, 0) is 16.1 Å². The van der Waals surface area contributed by atoms with Gasteiger partial charge in [-0.1, -0.05) is 0 Å². The Kier molecular flexibility index (Phi) is 3.94. The lowest BCUT2D eigenvalue weighted by Crippen LogP contribution is -2.29. The lowest BCUT2D eigenvalue weighted by molar-refractivity contribution is -0.142. The summed E-state index contributed by atoms with van der Waals surface area (Å²) in [6, 6.07) is 1.86. The van der Waals surface area contributed by atoms with E-state index in [1.807, 2.05) is 16.9 Å². The molecule has 3 rings (SSSR count). The average Bonchev–Trinajstić information content (AvgIpc) is 3.00. The van der Waals surface area contributed by atoms with E-state index in [0.717, 1.165) is 25.8 Å². The largest absolute Gasteiger partial charge is 0.481 e. The van der Waals surface area contributed by atoms with Crippen LogP contribution < -0.4 is 0 Å². The van der Waals surface area contributed by atoms with E-state index in [4.69, 9.17) is 0 Å². The molecular formula is C15H21N3O3. The standard InChI is InChI=1S/C15H21N3O3/c19-14(3-1-7-18-8-2-6-16-18)17-9-12(11-4-5-11)13(10-17)15(20)21/h2,6,8,11-13H,1,3-5,7,9-10H2,(H,20,21)/t12-,13+/m0/s1. The predicted octanol–water partition coefficient (Wildman–Crippen LogP) is 1.23. The van der Waals surface area contributed by atoms with Crippen LogP contribution in [0.3, 0.4) is 0 Å². The molecule has 6 nitrogen and oxygen atoms in total. The number of likely N-dealkylation sites (tertiary alicyclic amines) is 1. The number of aromatic nitrogens is 2. The van der Waals surface area contributed by atoms with Crippen LogP contribution in [0, 0.1) is 17.8 Å². The summed E-state index contributed by atoms with van der Waals surface area (Å²) in [5.74, 6) is -0.353. The second-order valence-electron chi connectivity index (χ2n) is 6.12. The highest BCUT2D eigenvalue weighted by Crippen LogP contribution is 2.44. The number of carbonyl (C=O) groups excluding carboxylic acids is 1. The van der Waals surface area contributed by atoms with E-state index in [1.165, 1.54) is 0 Å². The Hall–Kier alpha value is -1.85. The Morgan fingerprint density at radius 3 is 2.71 bits per heavy atom. The molecule has 0 spiro atoms. The lowest BCUT2D eigenvalue weighted by atomic mass is 9.92. The zero-order valence-electron chi connectivity index (χ0n) is 12.0. The SMILES string of the molecule is O=C(O)[C@@H]1CN(C(=O)CCCn2cccn2)C[C@H]1C1CC1. The Labute approximate surface area is 123 Å². The van der Waals surface area contributed by atoms with Gasteiger partial charge in [0.2, 0.25) is 5.91 Å². The molecule has 114 valence electrons. The third kappa shape index (κ3) is 3.25. The van der Waals surface area contributed by atoms with Crippen LogP contribution in [-0.4, -0.2) is 44.8 Å². The van der Waals surface area contributed by atoms with E-state index in [1.54, 1.807) is 11.1 Å². The van der Waals surface area contributed by atoms with Crippen molar-refractivity contribution in [3.63, 3.8) is 0 Å². The van der Waals surface area contributed by atoms with Gasteiger partial charge in [0.25, 0.3) is 0 Å². The van der Waals surface area contributed by atoms with E-state index < -0.39 is 5.97 Å². The number of hydrogen-bond donors (Lipinski definition) is 1. The monoisotopic (exact) mass is 291 g/mol. The molecular weight excluding hydrogens is 270 g/mol. The Balaban J connectivity index is 1.49. The summed E-state index contributed by atoms with van der Waals surface area (Å²) < 4.78 is 1.81. The normalized spacial score (nSPS) is 25.2. The van der Waals surface area contributed by atoms with Crippen molar-refractivity contribution in [2.75, 3.05) is 13.1 Å². The maximum atomic E-state index is 12.2. The van der Waals surface area contributed by atoms with Gasteiger partial charge >= 0.3 is 5.97 Å². The van der Waals surface area contributed by atoms with Crippen molar-refractivity contribution in [2.45, 2.75) is 32.2 Å². The van der Waals surface area contributed by atoms with Crippen molar-refractivity contribution in [3.8, 4) is 0 Å². The highest BCUT2D eigenvalue weighted by molar-refractivity contribution is 5.79. The third-order valence-electron chi connectivity index (χ3n) is 4.60. The van der Waals surface area contributed by atoms with Gasteiger partial charge in [-0.2, -0.15) is 5.10 Å². The molecule has 1 N–H and O–H groups in total. The first kappa shape index (κ1) is 14.1. The summed E-state index contributed by atoms with van der Waals surface area (Å²) in [6.45, 7) is 1.74. The molecule has 1 saturated heterocycles. The molecule has 2 fully saturated rings. The molecule has 2 heterocycles. The number of hydrogen-bond acceptors (Lipinski definition) is 3. The lowest BCUT2D eigenvalue weighted by Gasteiger charge is -2.16. The first-order valence-electron chi connectivity index (χ1n) is 7.63. The molecule has 1 aliphatic carbocycles. The number of carboxylic acids is 1. The molecule has 21 heavy (non-hydrogen) atoms. The van der Waals surface area contributed by atoms with Crippen LogP contribution in [0.5, 0.6) is 0 Å². The molecule has 1 aromatic rings. The summed E-state index contributed by atoms with van der Waals surface area (Å²) in [5, 5.41) is 13.4. The van der Waals surface area contributed by atoms with Crippen LogP contribution in [0.15, 0.2) is 18.5 Å². The van der Waals surface area contributed by atoms with E-state index >= 15 is 0 Å². The number of carbonyl (C=O) groups is 2. The summed E-state index contributed by atoms with van der Waals surface area (Å²) in [7, 11) is 0. The summed E-state index contributed by atoms with van der Waals surface area (Å²) in [5.41, 5.74) is 0. The van der Waals surface area contributed by atoms with Gasteiger partial charge < -0.3 is 10.0 Å². The van der Waals surface area contributed by atoms with Crippen LogP contribution in [0.1, 0.15) is 25.7 Å². The predicted molar refractivity (Wildman–Crippen MR) is 75.4 cm³/mol. The maximum Gasteiger partial charge on any atom is 0.308 e. The maximum absolute atomic E-state index is 12.2. The average molecular weight is 291 g/mol. The number of rotatable bonds is 6. The van der Waals surface area contributed by atoms with Gasteiger partial charge in [-0.05, 0) is 37.2 Å². The smallest absolute Gasteiger partial charge is 0.308 e. The van der Waals surface area contributed by atoms with Crippen LogP contribution in [0.4, 0.5) is 0 Å². The van der Waals surface area contributed by atoms with Gasteiger partial charge in [0.05, 0.1) is 5.92 Å². The Bertz CT molecular complexity index is 510. The van der Waals surface area contributed by atoms with Gasteiger partial charge in [0.1, 0.15) is 0 Å². The number of nitrogens with zero attached hydrogens (tertiary/aromatic N) is 3. The molecule has 1 aliphatic heterocycles. The Morgan fingerprint density at radius 1 is 1.29 bits per heavy atom. The first-order chi connectivity index (χ1) is 10.1. The fourth-order valence-electron chi connectivity index (χ4n) is 3.28. The molecule has 0 bridgehead atoms.